The van der Waals surface area contributed by atoms with E-state index in [1.165, 1.54) is 13.2 Å². The van der Waals surface area contributed by atoms with Gasteiger partial charge in [-0.05, 0) is 50.0 Å². The Morgan fingerprint density at radius 3 is 2.38 bits per heavy atom. The fraction of sp³-hybridized carbons (Fsp3) is 0.368. The Morgan fingerprint density at radius 1 is 1.08 bits per heavy atom. The Bertz CT molecular complexity index is 572. The fourth-order valence-electron chi connectivity index (χ4n) is 1.77. The number of esters is 2. The minimum atomic E-state index is -0.385. The Hall–Kier alpha value is -2.56. The van der Waals surface area contributed by atoms with Gasteiger partial charge in [0, 0.05) is 11.6 Å². The molecule has 0 saturated heterocycles. The Labute approximate surface area is 142 Å². The summed E-state index contributed by atoms with van der Waals surface area (Å²) in [4.78, 5) is 22.2. The predicted octanol–water partition coefficient (Wildman–Crippen LogP) is 3.54. The molecule has 1 rings (SSSR count). The number of hydrogen-bond acceptors (Lipinski definition) is 5. The summed E-state index contributed by atoms with van der Waals surface area (Å²) in [6, 6.07) is 7.44. The zero-order valence-electron chi connectivity index (χ0n) is 14.2. The van der Waals surface area contributed by atoms with E-state index in [1.54, 1.807) is 13.0 Å². The average molecular weight is 332 g/mol. The van der Waals surface area contributed by atoms with Crippen LogP contribution in [0.25, 0.3) is 6.08 Å². The number of rotatable bonds is 10. The zero-order chi connectivity index (χ0) is 17.8. The molecule has 0 saturated carbocycles. The number of methoxy groups -OCH3 is 1. The van der Waals surface area contributed by atoms with Crippen molar-refractivity contribution in [2.75, 3.05) is 20.3 Å². The number of benzene rings is 1. The molecule has 1 aromatic carbocycles. The van der Waals surface area contributed by atoms with Crippen molar-refractivity contribution < 1.29 is 23.8 Å². The van der Waals surface area contributed by atoms with Gasteiger partial charge in [-0.3, -0.25) is 0 Å². The van der Waals surface area contributed by atoms with Crippen molar-refractivity contribution in [3.05, 3.63) is 48.1 Å². The van der Waals surface area contributed by atoms with Gasteiger partial charge in [-0.1, -0.05) is 18.7 Å². The summed E-state index contributed by atoms with van der Waals surface area (Å²) >= 11 is 0. The SMILES string of the molecule is C=C(C)C(=O)OCCCCCOc1ccc(C=CC(=O)OC)cc1. The molecule has 0 aromatic heterocycles. The van der Waals surface area contributed by atoms with E-state index in [1.807, 2.05) is 24.3 Å². The van der Waals surface area contributed by atoms with Crippen molar-refractivity contribution in [3.63, 3.8) is 0 Å². The zero-order valence-corrected chi connectivity index (χ0v) is 14.2. The first-order valence-electron chi connectivity index (χ1n) is 7.84. The molecule has 0 N–H and O–H groups in total. The van der Waals surface area contributed by atoms with Crippen LogP contribution in [-0.2, 0) is 19.1 Å². The third-order valence-electron chi connectivity index (χ3n) is 3.13. The second-order valence-corrected chi connectivity index (χ2v) is 5.25. The molecule has 0 unspecified atom stereocenters. The molecule has 0 heterocycles. The molecular formula is C19H24O5. The standard InChI is InChI=1S/C19H24O5/c1-15(2)19(21)24-14-6-4-5-13-23-17-10-7-16(8-11-17)9-12-18(20)22-3/h7-12H,1,4-6,13-14H2,2-3H3. The van der Waals surface area contributed by atoms with Crippen LogP contribution in [0.2, 0.25) is 0 Å². The van der Waals surface area contributed by atoms with E-state index < -0.39 is 0 Å². The summed E-state index contributed by atoms with van der Waals surface area (Å²) < 4.78 is 15.2. The average Bonchev–Trinajstić information content (AvgIpc) is 2.59. The summed E-state index contributed by atoms with van der Waals surface area (Å²) in [6.45, 7) is 6.17. The van der Waals surface area contributed by atoms with Crippen LogP contribution in [0.4, 0.5) is 0 Å². The normalized spacial score (nSPS) is 10.4. The molecule has 0 atom stereocenters. The van der Waals surface area contributed by atoms with Gasteiger partial charge in [-0.15, -0.1) is 0 Å². The highest BCUT2D eigenvalue weighted by atomic mass is 16.5. The number of carbonyl (C=O) groups is 2. The van der Waals surface area contributed by atoms with E-state index in [0.717, 1.165) is 30.6 Å². The third kappa shape index (κ3) is 8.17. The Balaban J connectivity index is 2.17. The van der Waals surface area contributed by atoms with Crippen molar-refractivity contribution in [3.8, 4) is 5.75 Å². The van der Waals surface area contributed by atoms with E-state index in [9.17, 15) is 9.59 Å². The maximum absolute atomic E-state index is 11.2. The molecule has 0 spiro atoms. The lowest BCUT2D eigenvalue weighted by Crippen LogP contribution is -2.06. The molecule has 0 amide bonds. The summed E-state index contributed by atoms with van der Waals surface area (Å²) in [5.74, 6) is 0.0516. The highest BCUT2D eigenvalue weighted by Gasteiger charge is 2.02. The van der Waals surface area contributed by atoms with E-state index in [-0.39, 0.29) is 11.9 Å². The highest BCUT2D eigenvalue weighted by molar-refractivity contribution is 5.87. The minimum Gasteiger partial charge on any atom is -0.494 e. The smallest absolute Gasteiger partial charge is 0.333 e. The quantitative estimate of drug-likeness (QED) is 0.372. The van der Waals surface area contributed by atoms with Crippen LogP contribution in [0.5, 0.6) is 5.75 Å². The van der Waals surface area contributed by atoms with Gasteiger partial charge in [0.2, 0.25) is 0 Å². The lowest BCUT2D eigenvalue weighted by atomic mass is 10.2. The number of ether oxygens (including phenoxy) is 3. The van der Waals surface area contributed by atoms with Gasteiger partial charge in [-0.25, -0.2) is 9.59 Å². The molecular weight excluding hydrogens is 308 g/mol. The van der Waals surface area contributed by atoms with Gasteiger partial charge < -0.3 is 14.2 Å². The van der Waals surface area contributed by atoms with Crippen LogP contribution < -0.4 is 4.74 Å². The lowest BCUT2D eigenvalue weighted by Gasteiger charge is -2.07. The van der Waals surface area contributed by atoms with Crippen LogP contribution in [0.3, 0.4) is 0 Å². The molecule has 0 aliphatic rings. The first-order valence-corrected chi connectivity index (χ1v) is 7.84. The molecule has 0 aliphatic carbocycles. The van der Waals surface area contributed by atoms with Gasteiger partial charge in [0.15, 0.2) is 0 Å². The summed E-state index contributed by atoms with van der Waals surface area (Å²) in [7, 11) is 1.34. The monoisotopic (exact) mass is 332 g/mol. The third-order valence-corrected chi connectivity index (χ3v) is 3.13. The molecule has 130 valence electrons. The van der Waals surface area contributed by atoms with E-state index in [0.29, 0.717) is 18.8 Å². The molecule has 5 nitrogen and oxygen atoms in total. The molecule has 0 aliphatic heterocycles. The maximum atomic E-state index is 11.2. The van der Waals surface area contributed by atoms with Gasteiger partial charge in [0.05, 0.1) is 20.3 Å². The Kier molecular flexibility index (Phi) is 8.97. The highest BCUT2D eigenvalue weighted by Crippen LogP contribution is 2.14. The maximum Gasteiger partial charge on any atom is 0.333 e. The molecule has 1 aromatic rings. The molecule has 5 heteroatoms. The molecule has 0 fully saturated rings. The minimum absolute atomic E-state index is 0.340. The van der Waals surface area contributed by atoms with Crippen LogP contribution >= 0.6 is 0 Å². The van der Waals surface area contributed by atoms with Crippen molar-refractivity contribution in [2.45, 2.75) is 26.2 Å². The van der Waals surface area contributed by atoms with Crippen LogP contribution in [0.1, 0.15) is 31.7 Å². The van der Waals surface area contributed by atoms with Gasteiger partial charge in [-0.2, -0.15) is 0 Å². The van der Waals surface area contributed by atoms with Crippen LogP contribution in [0.15, 0.2) is 42.5 Å². The van der Waals surface area contributed by atoms with Gasteiger partial charge in [0.1, 0.15) is 5.75 Å². The summed E-state index contributed by atoms with van der Waals surface area (Å²) in [5, 5.41) is 0. The second-order valence-electron chi connectivity index (χ2n) is 5.25. The topological polar surface area (TPSA) is 61.8 Å². The van der Waals surface area contributed by atoms with E-state index in [2.05, 4.69) is 11.3 Å². The van der Waals surface area contributed by atoms with Crippen LogP contribution in [0, 0.1) is 0 Å². The van der Waals surface area contributed by atoms with Crippen molar-refractivity contribution >= 4 is 18.0 Å². The lowest BCUT2D eigenvalue weighted by molar-refractivity contribution is -0.139. The second kappa shape index (κ2) is 11.0. The van der Waals surface area contributed by atoms with Crippen LogP contribution in [-0.4, -0.2) is 32.3 Å². The first-order chi connectivity index (χ1) is 11.5. The number of carbonyl (C=O) groups excluding carboxylic acids is 2. The van der Waals surface area contributed by atoms with E-state index >= 15 is 0 Å². The summed E-state index contributed by atoms with van der Waals surface area (Å²) in [6.07, 6.45) is 5.66. The summed E-state index contributed by atoms with van der Waals surface area (Å²) in [5.41, 5.74) is 1.32. The van der Waals surface area contributed by atoms with Crippen molar-refractivity contribution in [2.24, 2.45) is 0 Å². The van der Waals surface area contributed by atoms with Gasteiger partial charge in [0.25, 0.3) is 0 Å². The Morgan fingerprint density at radius 2 is 1.75 bits per heavy atom. The largest absolute Gasteiger partial charge is 0.494 e. The number of unbranched alkanes of at least 4 members (excludes halogenated alkanes) is 2. The van der Waals surface area contributed by atoms with E-state index in [4.69, 9.17) is 9.47 Å². The van der Waals surface area contributed by atoms with Gasteiger partial charge >= 0.3 is 11.9 Å². The fourth-order valence-corrected chi connectivity index (χ4v) is 1.77. The number of hydrogen-bond donors (Lipinski definition) is 0. The first kappa shape index (κ1) is 19.5. The molecule has 0 bridgehead atoms. The molecule has 0 radical (unpaired) electrons. The molecule has 24 heavy (non-hydrogen) atoms. The van der Waals surface area contributed by atoms with Crippen molar-refractivity contribution in [1.29, 1.82) is 0 Å². The predicted molar refractivity (Wildman–Crippen MR) is 92.6 cm³/mol. The van der Waals surface area contributed by atoms with Crippen molar-refractivity contribution in [1.82, 2.24) is 0 Å².